The molecule has 0 amide bonds. The molecule has 21 aromatic rings. The molecule has 0 nitrogen and oxygen atoms in total. The predicted octanol–water partition coefficient (Wildman–Crippen LogP) is 32.9. The summed E-state index contributed by atoms with van der Waals surface area (Å²) in [7, 11) is 0. The Labute approximate surface area is 696 Å². The van der Waals surface area contributed by atoms with Crippen molar-refractivity contribution < 1.29 is 0 Å². The molecule has 0 bridgehead atoms. The lowest BCUT2D eigenvalue weighted by atomic mass is 9.80. The highest BCUT2D eigenvalue weighted by atomic mass is 14.4. The van der Waals surface area contributed by atoms with Crippen LogP contribution in [0.15, 0.2) is 413 Å². The molecule has 119 heavy (non-hydrogen) atoms. The first-order valence-electron chi connectivity index (χ1n) is 42.0. The van der Waals surface area contributed by atoms with Crippen LogP contribution in [0.1, 0.15) is 74.9 Å². The molecule has 0 unspecified atom stereocenters. The lowest BCUT2D eigenvalue weighted by molar-refractivity contribution is 0.660. The van der Waals surface area contributed by atoms with Crippen molar-refractivity contribution >= 4 is 86.2 Å². The fraction of sp³-hybridized carbons (Fsp3) is 0.0756. The highest BCUT2D eigenvalue weighted by molar-refractivity contribution is 6.26. The molecule has 562 valence electrons. The van der Waals surface area contributed by atoms with Crippen molar-refractivity contribution in [3.63, 3.8) is 0 Å². The predicted molar refractivity (Wildman–Crippen MR) is 510 cm³/mol. The van der Waals surface area contributed by atoms with E-state index in [-0.39, 0.29) is 16.2 Å². The van der Waals surface area contributed by atoms with Crippen LogP contribution in [0.25, 0.3) is 197 Å². The van der Waals surface area contributed by atoms with E-state index in [0.717, 1.165) is 0 Å². The number of benzene rings is 21. The number of hydrogen-bond donors (Lipinski definition) is 0. The van der Waals surface area contributed by atoms with E-state index in [1.165, 1.54) is 231 Å². The monoisotopic (exact) mass is 1510 g/mol. The maximum absolute atomic E-state index is 2.46. The Morgan fingerprint density at radius 2 is 0.370 bits per heavy atom. The Morgan fingerprint density at radius 1 is 0.126 bits per heavy atom. The first-order valence-corrected chi connectivity index (χ1v) is 42.0. The summed E-state index contributed by atoms with van der Waals surface area (Å²) < 4.78 is 0. The van der Waals surface area contributed by atoms with E-state index in [1.54, 1.807) is 0 Å². The summed E-state index contributed by atoms with van der Waals surface area (Å²) in [5.41, 5.74) is 34.6. The van der Waals surface area contributed by atoms with Crippen LogP contribution < -0.4 is 0 Å². The number of hydrogen-bond acceptors (Lipinski definition) is 0. The van der Waals surface area contributed by atoms with Gasteiger partial charge in [0.25, 0.3) is 0 Å². The maximum Gasteiger partial charge on any atom is 0.0159 e. The van der Waals surface area contributed by atoms with Gasteiger partial charge in [-0.25, -0.2) is 0 Å². The van der Waals surface area contributed by atoms with Crippen molar-refractivity contribution in [2.24, 2.45) is 0 Å². The smallest absolute Gasteiger partial charge is 0.0159 e. The average Bonchev–Trinajstić information content (AvgIpc) is 1.70. The average molecular weight is 1520 g/mol. The lowest BCUT2D eigenvalue weighted by Gasteiger charge is -2.23. The highest BCUT2D eigenvalue weighted by Gasteiger charge is 2.39. The fourth-order valence-electron chi connectivity index (χ4n) is 21.1. The molecule has 3 aliphatic rings. The zero-order valence-corrected chi connectivity index (χ0v) is 67.8. The molecular formula is C119H86. The van der Waals surface area contributed by atoms with Crippen LogP contribution in [0.5, 0.6) is 0 Å². The zero-order valence-electron chi connectivity index (χ0n) is 67.8. The molecule has 0 heteroatoms. The summed E-state index contributed by atoms with van der Waals surface area (Å²) in [6.07, 6.45) is 0. The van der Waals surface area contributed by atoms with E-state index < -0.39 is 0 Å². The third-order valence-corrected chi connectivity index (χ3v) is 26.8. The van der Waals surface area contributed by atoms with Crippen molar-refractivity contribution in [3.05, 3.63) is 446 Å². The molecule has 0 spiro atoms. The standard InChI is InChI=1S/C45H32.C39H28.C35H26/c1-45(2)41-24-10-9-18-34(41)35-26-25-31(28-42(35)45)30-15-11-16-32(27-30)43-37-19-5-7-21-39(37)44(40-22-8-6-20-38(40)43)36-23-12-14-29-13-3-4-17-33(29)36;1-39(2)35-18-10-9-13-29(35)30-22-21-28(24-36(30)39)38-33-16-7-5-14-31(33)37(32-15-6-8-17-34(32)38)27-20-19-25-11-3-4-12-26(25)23-27;1-35(2)31-19-11-10-14-25(31)26-21-20-24(22-32(26)35)34-29-17-8-6-15-27(29)33(23-12-4-3-5-13-23)28-16-7-9-18-30(28)34/h3-28H,1-2H3;3-24H,1-2H3;3-22H,1-2H3. The first-order chi connectivity index (χ1) is 58.3. The molecule has 0 atom stereocenters. The second-order valence-corrected chi connectivity index (χ2v) is 34.4. The summed E-state index contributed by atoms with van der Waals surface area (Å²) in [6.45, 7) is 14.1. The Balaban J connectivity index is 0.000000108. The molecule has 24 rings (SSSR count). The molecule has 0 aliphatic heterocycles. The van der Waals surface area contributed by atoms with Gasteiger partial charge in [0.15, 0.2) is 0 Å². The van der Waals surface area contributed by atoms with E-state index in [4.69, 9.17) is 0 Å². The van der Waals surface area contributed by atoms with Crippen LogP contribution in [0.4, 0.5) is 0 Å². The third kappa shape index (κ3) is 11.4. The molecule has 21 aromatic carbocycles. The highest BCUT2D eigenvalue weighted by Crippen LogP contribution is 2.56. The molecule has 0 radical (unpaired) electrons. The van der Waals surface area contributed by atoms with Crippen molar-refractivity contribution in [1.82, 2.24) is 0 Å². The van der Waals surface area contributed by atoms with Crippen LogP contribution >= 0.6 is 0 Å². The van der Waals surface area contributed by atoms with Gasteiger partial charge in [-0.15, -0.1) is 0 Å². The third-order valence-electron chi connectivity index (χ3n) is 26.8. The fourth-order valence-corrected chi connectivity index (χ4v) is 21.1. The van der Waals surface area contributed by atoms with Gasteiger partial charge in [0.2, 0.25) is 0 Å². The second-order valence-electron chi connectivity index (χ2n) is 34.4. The van der Waals surface area contributed by atoms with Gasteiger partial charge in [-0.2, -0.15) is 0 Å². The SMILES string of the molecule is CC1(C)c2ccccc2-c2ccc(-c3c4ccccc4c(-c4ccc5ccccc5c4)c4ccccc34)cc21.CC1(C)c2ccccc2-c2ccc(-c3c4ccccc4c(-c4ccccc4)c4ccccc34)cc21.CC1(C)c2ccccc2-c2ccc(-c3cccc(-c4c5ccccc5c(-c5cccc6ccccc56)c5ccccc45)c3)cc21. The van der Waals surface area contributed by atoms with Gasteiger partial charge in [-0.1, -0.05) is 424 Å². The van der Waals surface area contributed by atoms with Crippen LogP contribution in [-0.2, 0) is 16.2 Å². The van der Waals surface area contributed by atoms with Gasteiger partial charge in [0, 0.05) is 16.2 Å². The summed E-state index contributed by atoms with van der Waals surface area (Å²) in [5.74, 6) is 0. The molecule has 0 fully saturated rings. The van der Waals surface area contributed by atoms with E-state index in [0.29, 0.717) is 0 Å². The summed E-state index contributed by atoms with van der Waals surface area (Å²) in [6, 6.07) is 152. The van der Waals surface area contributed by atoms with Crippen molar-refractivity contribution in [1.29, 1.82) is 0 Å². The van der Waals surface area contributed by atoms with Crippen molar-refractivity contribution in [3.8, 4) is 111 Å². The molecule has 0 N–H and O–H groups in total. The Kier molecular flexibility index (Phi) is 16.8. The number of fused-ring (bicyclic) bond motifs is 17. The van der Waals surface area contributed by atoms with Gasteiger partial charge in [0.1, 0.15) is 0 Å². The van der Waals surface area contributed by atoms with Gasteiger partial charge in [-0.05, 0) is 261 Å². The van der Waals surface area contributed by atoms with Crippen molar-refractivity contribution in [2.75, 3.05) is 0 Å². The molecule has 0 saturated heterocycles. The van der Waals surface area contributed by atoms with E-state index >= 15 is 0 Å². The van der Waals surface area contributed by atoms with Crippen LogP contribution in [-0.4, -0.2) is 0 Å². The molecule has 3 aliphatic carbocycles. The van der Waals surface area contributed by atoms with E-state index in [1.807, 2.05) is 0 Å². The topological polar surface area (TPSA) is 0 Å². The minimum atomic E-state index is -0.0292. The molecular weight excluding hydrogens is 1430 g/mol. The van der Waals surface area contributed by atoms with Crippen LogP contribution in [0, 0.1) is 0 Å². The summed E-state index contributed by atoms with van der Waals surface area (Å²) in [5, 5.41) is 20.6. The Hall–Kier alpha value is -14.3. The Bertz CT molecular complexity index is 7570. The largest absolute Gasteiger partial charge is 0.0622 e. The minimum absolute atomic E-state index is 0.0163. The minimum Gasteiger partial charge on any atom is -0.0622 e. The molecule has 0 aromatic heterocycles. The quantitative estimate of drug-likeness (QED) is 0.140. The van der Waals surface area contributed by atoms with Gasteiger partial charge in [0.05, 0.1) is 0 Å². The summed E-state index contributed by atoms with van der Waals surface area (Å²) in [4.78, 5) is 0. The van der Waals surface area contributed by atoms with Crippen LogP contribution in [0.3, 0.4) is 0 Å². The van der Waals surface area contributed by atoms with E-state index in [9.17, 15) is 0 Å². The zero-order chi connectivity index (χ0) is 79.8. The van der Waals surface area contributed by atoms with Crippen LogP contribution in [0.2, 0.25) is 0 Å². The molecule has 0 heterocycles. The van der Waals surface area contributed by atoms with Gasteiger partial charge in [-0.3, -0.25) is 0 Å². The lowest BCUT2D eigenvalue weighted by Crippen LogP contribution is -2.14. The van der Waals surface area contributed by atoms with Gasteiger partial charge >= 0.3 is 0 Å². The van der Waals surface area contributed by atoms with Gasteiger partial charge < -0.3 is 0 Å². The normalized spacial score (nSPS) is 13.5. The van der Waals surface area contributed by atoms with Crippen molar-refractivity contribution in [2.45, 2.75) is 57.8 Å². The summed E-state index contributed by atoms with van der Waals surface area (Å²) >= 11 is 0. The first kappa shape index (κ1) is 71.3. The number of rotatable bonds is 7. The second kappa shape index (κ2) is 28.0. The van der Waals surface area contributed by atoms with E-state index in [2.05, 4.69) is 454 Å². The Morgan fingerprint density at radius 3 is 0.790 bits per heavy atom. The maximum atomic E-state index is 2.46. The molecule has 0 saturated carbocycles.